The number of amides is 1. The molecule has 2 atom stereocenters. The zero-order chi connectivity index (χ0) is 23.6. The van der Waals surface area contributed by atoms with Crippen LogP contribution in [-0.4, -0.2) is 60.1 Å². The van der Waals surface area contributed by atoms with Crippen molar-refractivity contribution < 1.29 is 28.9 Å². The lowest BCUT2D eigenvalue weighted by Gasteiger charge is -2.24. The molecule has 1 aliphatic heterocycles. The fourth-order valence-electron chi connectivity index (χ4n) is 3.53. The average molecular weight is 443 g/mol. The van der Waals surface area contributed by atoms with Gasteiger partial charge in [-0.2, -0.15) is 0 Å². The van der Waals surface area contributed by atoms with E-state index in [1.807, 2.05) is 25.1 Å². The molecular formula is C24H30N2O6. The Hall–Kier alpha value is -3.26. The van der Waals surface area contributed by atoms with E-state index in [0.717, 1.165) is 11.1 Å². The van der Waals surface area contributed by atoms with Gasteiger partial charge in [-0.1, -0.05) is 12.1 Å². The maximum absolute atomic E-state index is 12.4. The van der Waals surface area contributed by atoms with Gasteiger partial charge in [-0.15, -0.1) is 0 Å². The first-order valence-electron chi connectivity index (χ1n) is 10.4. The van der Waals surface area contributed by atoms with Gasteiger partial charge in [0.15, 0.2) is 0 Å². The molecule has 32 heavy (non-hydrogen) atoms. The topological polar surface area (TPSA) is 111 Å². The molecule has 2 aromatic rings. The summed E-state index contributed by atoms with van der Waals surface area (Å²) >= 11 is 0. The number of aliphatic hydroxyl groups excluding tert-OH is 1. The molecule has 0 saturated carbocycles. The van der Waals surface area contributed by atoms with E-state index >= 15 is 0 Å². The fourth-order valence-corrected chi connectivity index (χ4v) is 3.53. The number of likely N-dealkylation sites (tertiary alicyclic amines) is 1. The van der Waals surface area contributed by atoms with Gasteiger partial charge in [-0.3, -0.25) is 0 Å². The van der Waals surface area contributed by atoms with Crippen LogP contribution >= 0.6 is 0 Å². The number of carbonyl (C=O) groups is 2. The molecule has 0 spiro atoms. The summed E-state index contributed by atoms with van der Waals surface area (Å²) in [5.41, 5.74) is 8.85. The number of rotatable bonds is 4. The van der Waals surface area contributed by atoms with Crippen molar-refractivity contribution in [2.45, 2.75) is 45.5 Å². The molecule has 1 saturated heterocycles. The van der Waals surface area contributed by atoms with Crippen LogP contribution in [0.3, 0.4) is 0 Å². The number of anilines is 1. The Morgan fingerprint density at radius 1 is 1.12 bits per heavy atom. The second-order valence-corrected chi connectivity index (χ2v) is 8.94. The number of ether oxygens (including phenoxy) is 3. The molecule has 2 aromatic carbocycles. The molecule has 172 valence electrons. The first-order valence-corrected chi connectivity index (χ1v) is 10.4. The van der Waals surface area contributed by atoms with Crippen LogP contribution in [0.4, 0.5) is 10.5 Å². The predicted molar refractivity (Wildman–Crippen MR) is 121 cm³/mol. The van der Waals surface area contributed by atoms with Gasteiger partial charge in [0, 0.05) is 11.3 Å². The van der Waals surface area contributed by atoms with Crippen molar-refractivity contribution >= 4 is 17.7 Å². The van der Waals surface area contributed by atoms with Gasteiger partial charge < -0.3 is 30.0 Å². The molecule has 0 aromatic heterocycles. The highest BCUT2D eigenvalue weighted by Crippen LogP contribution is 2.32. The summed E-state index contributed by atoms with van der Waals surface area (Å²) < 4.78 is 16.3. The van der Waals surface area contributed by atoms with Crippen molar-refractivity contribution in [1.29, 1.82) is 0 Å². The summed E-state index contributed by atoms with van der Waals surface area (Å²) in [4.78, 5) is 26.0. The van der Waals surface area contributed by atoms with Crippen LogP contribution in [0, 0.1) is 6.92 Å². The summed E-state index contributed by atoms with van der Waals surface area (Å²) in [5.74, 6) is -0.164. The molecule has 1 heterocycles. The molecule has 2 unspecified atom stereocenters. The largest absolute Gasteiger partial charge is 0.486 e. The van der Waals surface area contributed by atoms with Gasteiger partial charge in [-0.25, -0.2) is 9.59 Å². The lowest BCUT2D eigenvalue weighted by molar-refractivity contribution is 0.0268. The van der Waals surface area contributed by atoms with Crippen molar-refractivity contribution in [1.82, 2.24) is 4.90 Å². The van der Waals surface area contributed by atoms with E-state index in [9.17, 15) is 14.7 Å². The van der Waals surface area contributed by atoms with Crippen LogP contribution in [0.5, 0.6) is 5.75 Å². The first-order chi connectivity index (χ1) is 15.0. The molecule has 3 N–H and O–H groups in total. The van der Waals surface area contributed by atoms with Gasteiger partial charge in [0.25, 0.3) is 0 Å². The highest BCUT2D eigenvalue weighted by molar-refractivity contribution is 5.92. The highest BCUT2D eigenvalue weighted by atomic mass is 16.6. The molecule has 1 aliphatic rings. The maximum Gasteiger partial charge on any atom is 0.410 e. The van der Waals surface area contributed by atoms with Crippen molar-refractivity contribution in [2.24, 2.45) is 0 Å². The van der Waals surface area contributed by atoms with Gasteiger partial charge >= 0.3 is 12.1 Å². The number of carbonyl (C=O) groups excluding carboxylic acids is 2. The minimum atomic E-state index is -0.905. The smallest absolute Gasteiger partial charge is 0.410 e. The molecule has 8 nitrogen and oxygen atoms in total. The minimum Gasteiger partial charge on any atom is -0.486 e. The quantitative estimate of drug-likeness (QED) is 0.551. The molecular weight excluding hydrogens is 412 g/mol. The lowest BCUT2D eigenvalue weighted by Crippen LogP contribution is -2.36. The van der Waals surface area contributed by atoms with E-state index in [0.29, 0.717) is 17.0 Å². The van der Waals surface area contributed by atoms with Gasteiger partial charge in [-0.05, 0) is 63.1 Å². The minimum absolute atomic E-state index is 0.0913. The van der Waals surface area contributed by atoms with Crippen molar-refractivity contribution in [3.8, 4) is 16.9 Å². The van der Waals surface area contributed by atoms with Crippen LogP contribution in [0.15, 0.2) is 36.4 Å². The molecule has 1 fully saturated rings. The van der Waals surface area contributed by atoms with Gasteiger partial charge in [0.05, 0.1) is 25.8 Å². The fraction of sp³-hybridized carbons (Fsp3) is 0.417. The Balaban J connectivity index is 1.87. The Morgan fingerprint density at radius 3 is 2.47 bits per heavy atom. The number of β-amino-alcohol motifs (C(OH)–C–C–N with tert-alkyl or cyclic N) is 1. The van der Waals surface area contributed by atoms with E-state index < -0.39 is 29.9 Å². The van der Waals surface area contributed by atoms with Crippen molar-refractivity contribution in [3.05, 3.63) is 47.5 Å². The highest BCUT2D eigenvalue weighted by Gasteiger charge is 2.37. The number of hydrogen-bond donors (Lipinski definition) is 2. The third kappa shape index (κ3) is 5.50. The third-order valence-electron chi connectivity index (χ3n) is 5.02. The van der Waals surface area contributed by atoms with E-state index in [-0.39, 0.29) is 18.7 Å². The Morgan fingerprint density at radius 2 is 1.84 bits per heavy atom. The molecule has 1 amide bonds. The van der Waals surface area contributed by atoms with Gasteiger partial charge in [0.2, 0.25) is 0 Å². The monoisotopic (exact) mass is 442 g/mol. The standard InChI is InChI=1S/C24H30N2O6/c1-14-6-7-18(19(25)8-14)15-9-16(22(28)30-5)11-17(10-15)31-21-13-26(12-20(21)27)23(29)32-24(2,3)4/h6-11,20-21,27H,12-13,25H2,1-5H3. The molecule has 0 bridgehead atoms. The number of nitrogens with zero attached hydrogens (tertiary/aromatic N) is 1. The number of methoxy groups -OCH3 is 1. The number of esters is 1. The zero-order valence-electron chi connectivity index (χ0n) is 19.0. The summed E-state index contributed by atoms with van der Waals surface area (Å²) in [7, 11) is 1.30. The zero-order valence-corrected chi connectivity index (χ0v) is 19.0. The first kappa shape index (κ1) is 23.4. The summed E-state index contributed by atoms with van der Waals surface area (Å²) in [6.45, 7) is 7.53. The van der Waals surface area contributed by atoms with Gasteiger partial charge in [0.1, 0.15) is 23.6 Å². The van der Waals surface area contributed by atoms with Crippen LogP contribution in [-0.2, 0) is 9.47 Å². The molecule has 3 rings (SSSR count). The van der Waals surface area contributed by atoms with E-state index in [2.05, 4.69) is 0 Å². The number of hydrogen-bond acceptors (Lipinski definition) is 7. The van der Waals surface area contributed by atoms with E-state index in [1.54, 1.807) is 39.0 Å². The number of nitrogen functional groups attached to an aromatic ring is 1. The number of nitrogens with two attached hydrogens (primary N) is 1. The second-order valence-electron chi connectivity index (χ2n) is 8.94. The normalized spacial score (nSPS) is 18.4. The average Bonchev–Trinajstić information content (AvgIpc) is 3.06. The van der Waals surface area contributed by atoms with Crippen LogP contribution in [0.25, 0.3) is 11.1 Å². The third-order valence-corrected chi connectivity index (χ3v) is 5.02. The van der Waals surface area contributed by atoms with Crippen molar-refractivity contribution in [2.75, 3.05) is 25.9 Å². The predicted octanol–water partition coefficient (Wildman–Crippen LogP) is 3.39. The van der Waals surface area contributed by atoms with Crippen molar-refractivity contribution in [3.63, 3.8) is 0 Å². The number of aryl methyl sites for hydroxylation is 1. The van der Waals surface area contributed by atoms with Crippen LogP contribution in [0.1, 0.15) is 36.7 Å². The van der Waals surface area contributed by atoms with E-state index in [4.69, 9.17) is 19.9 Å². The van der Waals surface area contributed by atoms with Crippen LogP contribution in [0.2, 0.25) is 0 Å². The molecule has 8 heteroatoms. The Kier molecular flexibility index (Phi) is 6.64. The summed E-state index contributed by atoms with van der Waals surface area (Å²) in [6.07, 6.45) is -2.10. The van der Waals surface area contributed by atoms with Crippen LogP contribution < -0.4 is 10.5 Å². The Labute approximate surface area is 187 Å². The maximum atomic E-state index is 12.4. The summed E-state index contributed by atoms with van der Waals surface area (Å²) in [6, 6.07) is 10.6. The second kappa shape index (κ2) is 9.08. The summed E-state index contributed by atoms with van der Waals surface area (Å²) in [5, 5.41) is 10.5. The SMILES string of the molecule is COC(=O)c1cc(OC2CN(C(=O)OC(C)(C)C)CC2O)cc(-c2ccc(C)cc2N)c1. The molecule has 0 aliphatic carbocycles. The molecule has 0 radical (unpaired) electrons. The number of benzene rings is 2. The van der Waals surface area contributed by atoms with E-state index in [1.165, 1.54) is 12.0 Å². The number of aliphatic hydroxyl groups is 1. The lowest BCUT2D eigenvalue weighted by atomic mass is 9.99. The Bertz CT molecular complexity index is 1010.